The number of carbonyl (C=O) groups is 3. The van der Waals surface area contributed by atoms with Crippen LogP contribution < -0.4 is 10.6 Å². The van der Waals surface area contributed by atoms with Gasteiger partial charge in [-0.25, -0.2) is 9.59 Å². The van der Waals surface area contributed by atoms with Crippen molar-refractivity contribution in [3.63, 3.8) is 0 Å². The third kappa shape index (κ3) is 8.04. The Labute approximate surface area is 170 Å². The molecule has 7 nitrogen and oxygen atoms in total. The number of carbonyl (C=O) groups excluding carboxylic acids is 2. The monoisotopic (exact) mass is 398 g/mol. The van der Waals surface area contributed by atoms with E-state index in [-0.39, 0.29) is 24.9 Å². The lowest BCUT2D eigenvalue weighted by Crippen LogP contribution is -2.42. The van der Waals surface area contributed by atoms with Gasteiger partial charge in [0.25, 0.3) is 0 Å². The zero-order valence-electron chi connectivity index (χ0n) is 16.6. The van der Waals surface area contributed by atoms with Crippen molar-refractivity contribution >= 4 is 23.7 Å². The van der Waals surface area contributed by atoms with Gasteiger partial charge in [-0.05, 0) is 35.6 Å². The number of carboxylic acids is 1. The number of amides is 2. The SMILES string of the molecule is CC(C)C[C@H](NC(=O)Cc1ccc(NC(=O)OCc2ccccc2)cc1)C(=O)O. The van der Waals surface area contributed by atoms with Crippen molar-refractivity contribution in [2.24, 2.45) is 5.92 Å². The van der Waals surface area contributed by atoms with E-state index in [1.165, 1.54) is 0 Å². The van der Waals surface area contributed by atoms with Crippen LogP contribution in [0, 0.1) is 5.92 Å². The lowest BCUT2D eigenvalue weighted by Gasteiger charge is -2.16. The molecule has 3 N–H and O–H groups in total. The molecule has 0 saturated heterocycles. The molecule has 7 heteroatoms. The largest absolute Gasteiger partial charge is 0.480 e. The number of carboxylic acid groups (broad SMARTS) is 1. The van der Waals surface area contributed by atoms with Crippen LogP contribution in [0.3, 0.4) is 0 Å². The van der Waals surface area contributed by atoms with Crippen LogP contribution in [-0.4, -0.2) is 29.1 Å². The van der Waals surface area contributed by atoms with Gasteiger partial charge in [-0.1, -0.05) is 56.3 Å². The summed E-state index contributed by atoms with van der Waals surface area (Å²) in [4.78, 5) is 35.2. The first-order valence-electron chi connectivity index (χ1n) is 9.42. The Hall–Kier alpha value is -3.35. The average molecular weight is 398 g/mol. The number of anilines is 1. The van der Waals surface area contributed by atoms with E-state index in [0.29, 0.717) is 17.7 Å². The molecule has 2 amide bonds. The van der Waals surface area contributed by atoms with E-state index in [4.69, 9.17) is 4.74 Å². The van der Waals surface area contributed by atoms with Crippen molar-refractivity contribution in [1.82, 2.24) is 5.32 Å². The van der Waals surface area contributed by atoms with Gasteiger partial charge in [0.15, 0.2) is 0 Å². The maximum Gasteiger partial charge on any atom is 0.411 e. The second-order valence-electron chi connectivity index (χ2n) is 7.15. The molecule has 0 unspecified atom stereocenters. The Kier molecular flexibility index (Phi) is 8.21. The summed E-state index contributed by atoms with van der Waals surface area (Å²) in [7, 11) is 0. The van der Waals surface area contributed by atoms with Crippen LogP contribution >= 0.6 is 0 Å². The number of benzene rings is 2. The third-order valence-electron chi connectivity index (χ3n) is 4.12. The fraction of sp³-hybridized carbons (Fsp3) is 0.318. The summed E-state index contributed by atoms with van der Waals surface area (Å²) in [6.07, 6.45) is -0.146. The van der Waals surface area contributed by atoms with E-state index in [0.717, 1.165) is 5.56 Å². The molecule has 0 aliphatic carbocycles. The summed E-state index contributed by atoms with van der Waals surface area (Å²) in [5, 5.41) is 14.4. The van der Waals surface area contributed by atoms with Crippen molar-refractivity contribution in [1.29, 1.82) is 0 Å². The molecule has 0 saturated carbocycles. The van der Waals surface area contributed by atoms with E-state index in [2.05, 4.69) is 10.6 Å². The minimum Gasteiger partial charge on any atom is -0.480 e. The number of hydrogen-bond donors (Lipinski definition) is 3. The summed E-state index contributed by atoms with van der Waals surface area (Å²) in [5.41, 5.74) is 2.14. The van der Waals surface area contributed by atoms with E-state index < -0.39 is 18.1 Å². The fourth-order valence-electron chi connectivity index (χ4n) is 2.71. The van der Waals surface area contributed by atoms with Gasteiger partial charge in [-0.3, -0.25) is 10.1 Å². The van der Waals surface area contributed by atoms with Gasteiger partial charge in [0.1, 0.15) is 12.6 Å². The van der Waals surface area contributed by atoms with Gasteiger partial charge >= 0.3 is 12.1 Å². The average Bonchev–Trinajstić information content (AvgIpc) is 2.68. The molecule has 0 radical (unpaired) electrons. The van der Waals surface area contributed by atoms with Gasteiger partial charge in [-0.2, -0.15) is 0 Å². The molecule has 29 heavy (non-hydrogen) atoms. The quantitative estimate of drug-likeness (QED) is 0.599. The van der Waals surface area contributed by atoms with E-state index >= 15 is 0 Å². The van der Waals surface area contributed by atoms with Crippen LogP contribution in [0.15, 0.2) is 54.6 Å². The summed E-state index contributed by atoms with van der Waals surface area (Å²) in [6, 6.07) is 15.2. The number of nitrogens with one attached hydrogen (secondary N) is 2. The normalized spacial score (nSPS) is 11.6. The van der Waals surface area contributed by atoms with Gasteiger partial charge < -0.3 is 15.2 Å². The van der Waals surface area contributed by atoms with Crippen molar-refractivity contribution in [2.45, 2.75) is 39.3 Å². The number of ether oxygens (including phenoxy) is 1. The molecule has 0 aromatic heterocycles. The second-order valence-corrected chi connectivity index (χ2v) is 7.15. The molecule has 0 aliphatic rings. The number of hydrogen-bond acceptors (Lipinski definition) is 4. The standard InChI is InChI=1S/C22H26N2O5/c1-15(2)12-19(21(26)27)24-20(25)13-16-8-10-18(11-9-16)23-22(28)29-14-17-6-4-3-5-7-17/h3-11,15,19H,12-14H2,1-2H3,(H,23,28)(H,24,25)(H,26,27)/t19-/m0/s1. The Balaban J connectivity index is 1.82. The first-order chi connectivity index (χ1) is 13.8. The number of aliphatic carboxylic acids is 1. The molecule has 0 spiro atoms. The summed E-state index contributed by atoms with van der Waals surface area (Å²) in [5.74, 6) is -1.25. The van der Waals surface area contributed by atoms with Crippen molar-refractivity contribution in [3.8, 4) is 0 Å². The van der Waals surface area contributed by atoms with E-state index in [1.807, 2.05) is 44.2 Å². The highest BCUT2D eigenvalue weighted by atomic mass is 16.5. The maximum atomic E-state index is 12.1. The third-order valence-corrected chi connectivity index (χ3v) is 4.12. The highest BCUT2D eigenvalue weighted by Crippen LogP contribution is 2.12. The topological polar surface area (TPSA) is 105 Å². The number of rotatable bonds is 9. The van der Waals surface area contributed by atoms with Crippen molar-refractivity contribution in [2.75, 3.05) is 5.32 Å². The van der Waals surface area contributed by atoms with Crippen LogP contribution in [0.4, 0.5) is 10.5 Å². The molecular weight excluding hydrogens is 372 g/mol. The van der Waals surface area contributed by atoms with Crippen molar-refractivity contribution < 1.29 is 24.2 Å². The summed E-state index contributed by atoms with van der Waals surface area (Å²) < 4.78 is 5.15. The zero-order valence-corrected chi connectivity index (χ0v) is 16.6. The first-order valence-corrected chi connectivity index (χ1v) is 9.42. The Morgan fingerprint density at radius 1 is 0.966 bits per heavy atom. The maximum absolute atomic E-state index is 12.1. The predicted molar refractivity (Wildman–Crippen MR) is 109 cm³/mol. The van der Waals surface area contributed by atoms with Gasteiger partial charge in [0.05, 0.1) is 6.42 Å². The van der Waals surface area contributed by atoms with Crippen LogP contribution in [-0.2, 0) is 27.4 Å². The summed E-state index contributed by atoms with van der Waals surface area (Å²) >= 11 is 0. The van der Waals surface area contributed by atoms with Gasteiger partial charge in [0.2, 0.25) is 5.91 Å². The molecular formula is C22H26N2O5. The summed E-state index contributed by atoms with van der Waals surface area (Å²) in [6.45, 7) is 3.98. The minimum atomic E-state index is -1.04. The van der Waals surface area contributed by atoms with E-state index in [1.54, 1.807) is 24.3 Å². The molecule has 154 valence electrons. The van der Waals surface area contributed by atoms with Crippen LogP contribution in [0.25, 0.3) is 0 Å². The van der Waals surface area contributed by atoms with E-state index in [9.17, 15) is 19.5 Å². The van der Waals surface area contributed by atoms with Gasteiger partial charge in [-0.15, -0.1) is 0 Å². The molecule has 1 atom stereocenters. The first kappa shape index (κ1) is 21.9. The molecule has 0 bridgehead atoms. The zero-order chi connectivity index (χ0) is 21.2. The fourth-order valence-corrected chi connectivity index (χ4v) is 2.71. The van der Waals surface area contributed by atoms with Crippen LogP contribution in [0.5, 0.6) is 0 Å². The Morgan fingerprint density at radius 2 is 1.62 bits per heavy atom. The molecule has 2 aromatic rings. The smallest absolute Gasteiger partial charge is 0.411 e. The van der Waals surface area contributed by atoms with Crippen molar-refractivity contribution in [3.05, 3.63) is 65.7 Å². The van der Waals surface area contributed by atoms with Gasteiger partial charge in [0, 0.05) is 5.69 Å². The molecule has 0 aliphatic heterocycles. The molecule has 2 aromatic carbocycles. The highest BCUT2D eigenvalue weighted by molar-refractivity contribution is 5.86. The second kappa shape index (κ2) is 10.8. The highest BCUT2D eigenvalue weighted by Gasteiger charge is 2.21. The lowest BCUT2D eigenvalue weighted by molar-refractivity contribution is -0.142. The Bertz CT molecular complexity index is 819. The minimum absolute atomic E-state index is 0.0562. The van der Waals surface area contributed by atoms with Crippen LogP contribution in [0.1, 0.15) is 31.4 Å². The molecule has 2 rings (SSSR count). The molecule has 0 fully saturated rings. The molecule has 0 heterocycles. The lowest BCUT2D eigenvalue weighted by atomic mass is 10.0. The predicted octanol–water partition coefficient (Wildman–Crippen LogP) is 3.59. The van der Waals surface area contributed by atoms with Crippen LogP contribution in [0.2, 0.25) is 0 Å². The Morgan fingerprint density at radius 3 is 2.21 bits per heavy atom.